The van der Waals surface area contributed by atoms with Gasteiger partial charge in [0.05, 0.1) is 12.4 Å². The Morgan fingerprint density at radius 2 is 1.95 bits per heavy atom. The summed E-state index contributed by atoms with van der Waals surface area (Å²) in [7, 11) is 0. The van der Waals surface area contributed by atoms with Gasteiger partial charge in [0, 0.05) is 22.1 Å². The Morgan fingerprint density at radius 3 is 2.63 bits per heavy atom. The predicted molar refractivity (Wildman–Crippen MR) is 75.8 cm³/mol. The van der Waals surface area contributed by atoms with Crippen LogP contribution in [0.5, 0.6) is 5.75 Å². The van der Waals surface area contributed by atoms with Crippen molar-refractivity contribution >= 4 is 27.6 Å². The fraction of sp³-hybridized carbons (Fsp3) is 0.286. The molecule has 2 heterocycles. The van der Waals surface area contributed by atoms with E-state index in [1.54, 1.807) is 0 Å². The van der Waals surface area contributed by atoms with E-state index in [4.69, 9.17) is 0 Å². The van der Waals surface area contributed by atoms with Gasteiger partial charge in [0.15, 0.2) is 5.75 Å². The molecular formula is C14H12BrN3O. The minimum absolute atomic E-state index is 0.0959. The molecule has 0 atom stereocenters. The Labute approximate surface area is 119 Å². The Balaban J connectivity index is 1.84. The van der Waals surface area contributed by atoms with Crippen molar-refractivity contribution in [2.75, 3.05) is 11.4 Å². The smallest absolute Gasteiger partial charge is 0.230 e. The molecule has 0 amide bonds. The third kappa shape index (κ3) is 1.64. The summed E-state index contributed by atoms with van der Waals surface area (Å²) >= 11 is 3.53. The second kappa shape index (κ2) is 3.70. The average Bonchev–Trinajstić information content (AvgIpc) is 3.10. The maximum Gasteiger partial charge on any atom is 0.230 e. The third-order valence-corrected chi connectivity index (χ3v) is 4.50. The summed E-state index contributed by atoms with van der Waals surface area (Å²) in [5.74, 6) is 0.750. The number of nitrogens with zero attached hydrogens (tertiary/aromatic N) is 3. The van der Waals surface area contributed by atoms with Gasteiger partial charge in [0.25, 0.3) is 0 Å². The van der Waals surface area contributed by atoms with Crippen molar-refractivity contribution in [3.63, 3.8) is 0 Å². The first-order chi connectivity index (χ1) is 9.18. The van der Waals surface area contributed by atoms with Crippen molar-refractivity contribution in [3.8, 4) is 5.75 Å². The zero-order valence-corrected chi connectivity index (χ0v) is 11.8. The molecule has 1 spiro atoms. The van der Waals surface area contributed by atoms with Crippen LogP contribution in [0, 0.1) is 0 Å². The van der Waals surface area contributed by atoms with Crippen LogP contribution in [0.1, 0.15) is 18.4 Å². The van der Waals surface area contributed by atoms with Gasteiger partial charge in [-0.2, -0.15) is 0 Å². The fourth-order valence-electron chi connectivity index (χ4n) is 2.86. The molecule has 0 unspecified atom stereocenters. The fourth-order valence-corrected chi connectivity index (χ4v) is 3.21. The SMILES string of the molecule is Oc1cnc(N2CC3(CC3)c3ccc(Br)cc32)nc1. The van der Waals surface area contributed by atoms with Crippen molar-refractivity contribution in [1.29, 1.82) is 0 Å². The molecule has 1 N–H and O–H groups in total. The van der Waals surface area contributed by atoms with Crippen LogP contribution in [0.15, 0.2) is 35.1 Å². The maximum absolute atomic E-state index is 9.30. The van der Waals surface area contributed by atoms with E-state index in [0.29, 0.717) is 11.4 Å². The lowest BCUT2D eigenvalue weighted by atomic mass is 9.99. The molecule has 96 valence electrons. The van der Waals surface area contributed by atoms with E-state index < -0.39 is 0 Å². The Morgan fingerprint density at radius 1 is 1.21 bits per heavy atom. The summed E-state index contributed by atoms with van der Waals surface area (Å²) in [6.45, 7) is 0.934. The molecule has 1 saturated carbocycles. The molecule has 1 fully saturated rings. The van der Waals surface area contributed by atoms with E-state index >= 15 is 0 Å². The lowest BCUT2D eigenvalue weighted by Gasteiger charge is -2.17. The molecule has 2 aliphatic rings. The summed E-state index contributed by atoms with van der Waals surface area (Å²) in [5.41, 5.74) is 2.88. The Kier molecular flexibility index (Phi) is 2.18. The first kappa shape index (κ1) is 11.2. The summed E-state index contributed by atoms with van der Waals surface area (Å²) in [6, 6.07) is 6.42. The van der Waals surface area contributed by atoms with Crippen LogP contribution < -0.4 is 4.90 Å². The molecule has 0 radical (unpaired) electrons. The van der Waals surface area contributed by atoms with Crippen LogP contribution in [0.3, 0.4) is 0 Å². The molecule has 4 rings (SSSR count). The van der Waals surface area contributed by atoms with Gasteiger partial charge in [0.1, 0.15) is 0 Å². The van der Waals surface area contributed by atoms with Crippen molar-refractivity contribution in [1.82, 2.24) is 9.97 Å². The zero-order chi connectivity index (χ0) is 13.0. The van der Waals surface area contributed by atoms with Gasteiger partial charge in [-0.15, -0.1) is 0 Å². The van der Waals surface area contributed by atoms with E-state index in [2.05, 4.69) is 49.0 Å². The molecule has 1 aromatic heterocycles. The van der Waals surface area contributed by atoms with Gasteiger partial charge >= 0.3 is 0 Å². The summed E-state index contributed by atoms with van der Waals surface area (Å²) in [5, 5.41) is 9.30. The molecule has 2 aromatic rings. The summed E-state index contributed by atoms with van der Waals surface area (Å²) in [4.78, 5) is 10.6. The quantitative estimate of drug-likeness (QED) is 0.878. The number of hydrogen-bond acceptors (Lipinski definition) is 4. The van der Waals surface area contributed by atoms with Crippen molar-refractivity contribution in [2.24, 2.45) is 0 Å². The van der Waals surface area contributed by atoms with Gasteiger partial charge in [-0.25, -0.2) is 9.97 Å². The minimum Gasteiger partial charge on any atom is -0.505 e. The summed E-state index contributed by atoms with van der Waals surface area (Å²) in [6.07, 6.45) is 5.35. The molecule has 0 saturated heterocycles. The van der Waals surface area contributed by atoms with Gasteiger partial charge in [-0.1, -0.05) is 22.0 Å². The molecule has 4 nitrogen and oxygen atoms in total. The zero-order valence-electron chi connectivity index (χ0n) is 10.2. The molecule has 1 aliphatic heterocycles. The highest BCUT2D eigenvalue weighted by Gasteiger charge is 2.52. The maximum atomic E-state index is 9.30. The first-order valence-corrected chi connectivity index (χ1v) is 7.06. The molecular weight excluding hydrogens is 306 g/mol. The van der Waals surface area contributed by atoms with Crippen LogP contribution in [-0.2, 0) is 5.41 Å². The third-order valence-electron chi connectivity index (χ3n) is 4.00. The number of fused-ring (bicyclic) bond motifs is 2. The Bertz CT molecular complexity index is 652. The number of halogens is 1. The highest BCUT2D eigenvalue weighted by Crippen LogP contribution is 2.57. The van der Waals surface area contributed by atoms with Crippen molar-refractivity contribution in [3.05, 3.63) is 40.6 Å². The van der Waals surface area contributed by atoms with Crippen LogP contribution in [0.4, 0.5) is 11.6 Å². The molecule has 0 bridgehead atoms. The number of anilines is 2. The van der Waals surface area contributed by atoms with Crippen molar-refractivity contribution < 1.29 is 5.11 Å². The number of rotatable bonds is 1. The predicted octanol–water partition coefficient (Wildman–Crippen LogP) is 3.13. The van der Waals surface area contributed by atoms with E-state index in [1.165, 1.54) is 36.5 Å². The Hall–Kier alpha value is -1.62. The van der Waals surface area contributed by atoms with Gasteiger partial charge < -0.3 is 10.0 Å². The van der Waals surface area contributed by atoms with Crippen molar-refractivity contribution in [2.45, 2.75) is 18.3 Å². The number of aromatic hydroxyl groups is 1. The number of benzene rings is 1. The monoisotopic (exact) mass is 317 g/mol. The highest BCUT2D eigenvalue weighted by atomic mass is 79.9. The van der Waals surface area contributed by atoms with E-state index in [0.717, 1.165) is 11.0 Å². The first-order valence-electron chi connectivity index (χ1n) is 6.27. The van der Waals surface area contributed by atoms with Crippen LogP contribution in [0.2, 0.25) is 0 Å². The van der Waals surface area contributed by atoms with E-state index in [1.807, 2.05) is 0 Å². The largest absolute Gasteiger partial charge is 0.505 e. The van der Waals surface area contributed by atoms with Crippen LogP contribution in [-0.4, -0.2) is 21.6 Å². The molecule has 1 aromatic carbocycles. The topological polar surface area (TPSA) is 49.3 Å². The lowest BCUT2D eigenvalue weighted by Crippen LogP contribution is -2.20. The van der Waals surface area contributed by atoms with E-state index in [9.17, 15) is 5.11 Å². The normalized spacial score (nSPS) is 18.7. The minimum atomic E-state index is 0.0959. The van der Waals surface area contributed by atoms with Gasteiger partial charge in [0.2, 0.25) is 5.95 Å². The molecule has 19 heavy (non-hydrogen) atoms. The number of hydrogen-bond donors (Lipinski definition) is 1. The molecule has 5 heteroatoms. The van der Waals surface area contributed by atoms with Crippen LogP contribution in [0.25, 0.3) is 0 Å². The standard InChI is InChI=1S/C14H12BrN3O/c15-9-1-2-11-12(5-9)18(8-14(11)3-4-14)13-16-6-10(19)7-17-13/h1-2,5-7,19H,3-4,8H2. The van der Waals surface area contributed by atoms with E-state index in [-0.39, 0.29) is 5.75 Å². The highest BCUT2D eigenvalue weighted by molar-refractivity contribution is 9.10. The number of aromatic nitrogens is 2. The average molecular weight is 318 g/mol. The van der Waals surface area contributed by atoms with Gasteiger partial charge in [-0.3, -0.25) is 0 Å². The molecule has 1 aliphatic carbocycles. The second-order valence-corrected chi connectivity index (χ2v) is 6.18. The van der Waals surface area contributed by atoms with Crippen LogP contribution >= 0.6 is 15.9 Å². The lowest BCUT2D eigenvalue weighted by molar-refractivity contribution is 0.469. The van der Waals surface area contributed by atoms with Gasteiger partial charge in [-0.05, 0) is 30.5 Å². The summed E-state index contributed by atoms with van der Waals surface area (Å²) < 4.78 is 1.06. The second-order valence-electron chi connectivity index (χ2n) is 5.27.